The third-order valence-corrected chi connectivity index (χ3v) is 5.93. The molecule has 0 amide bonds. The summed E-state index contributed by atoms with van der Waals surface area (Å²) >= 11 is 1.75. The number of aromatic hydroxyl groups is 1. The Morgan fingerprint density at radius 1 is 0.765 bits per heavy atom. The number of halogens is 2. The average Bonchev–Trinajstić information content (AvgIpc) is 3.10. The summed E-state index contributed by atoms with van der Waals surface area (Å²) in [6.45, 7) is 13.2. The molecule has 1 atom stereocenters. The van der Waals surface area contributed by atoms with Gasteiger partial charge in [0.15, 0.2) is 0 Å². The van der Waals surface area contributed by atoms with Crippen molar-refractivity contribution in [2.24, 2.45) is 5.92 Å². The molecule has 0 bridgehead atoms. The van der Waals surface area contributed by atoms with Crippen LogP contribution in [0.1, 0.15) is 116 Å². The zero-order valence-corrected chi connectivity index (χ0v) is 26.0. The SMILES string of the molecule is CCCCC1=[C-]C(CCCC)C(CCCC)=C1CCCC.Cc1cc(C)cc(O)c1.Cl.Cl.[CH2]=[Ti+]. The fourth-order valence-electron chi connectivity index (χ4n) is 4.33. The Labute approximate surface area is 236 Å². The summed E-state index contributed by atoms with van der Waals surface area (Å²) in [7, 11) is 0. The first-order chi connectivity index (χ1) is 15.5. The number of phenolic OH excluding ortho intramolecular Hbond substituents is 1. The first-order valence-corrected chi connectivity index (χ1v) is 14.0. The van der Waals surface area contributed by atoms with Crippen molar-refractivity contribution in [1.29, 1.82) is 0 Å². The van der Waals surface area contributed by atoms with Crippen LogP contribution in [0, 0.1) is 25.8 Å². The van der Waals surface area contributed by atoms with Crippen molar-refractivity contribution < 1.29 is 25.1 Å². The van der Waals surface area contributed by atoms with Crippen LogP contribution < -0.4 is 0 Å². The van der Waals surface area contributed by atoms with Gasteiger partial charge in [-0.15, -0.1) is 24.8 Å². The Balaban J connectivity index is -0.000000622. The normalized spacial score (nSPS) is 14.1. The Morgan fingerprint density at radius 3 is 1.71 bits per heavy atom. The molecule has 0 spiro atoms. The molecule has 0 fully saturated rings. The van der Waals surface area contributed by atoms with Crippen LogP contribution in [0.3, 0.4) is 0 Å². The van der Waals surface area contributed by atoms with Crippen LogP contribution in [0.25, 0.3) is 0 Å². The summed E-state index contributed by atoms with van der Waals surface area (Å²) in [6, 6.07) is 5.51. The van der Waals surface area contributed by atoms with Gasteiger partial charge in [-0.2, -0.15) is 11.1 Å². The van der Waals surface area contributed by atoms with Crippen molar-refractivity contribution in [2.45, 2.75) is 119 Å². The molecular weight excluding hydrogens is 495 g/mol. The van der Waals surface area contributed by atoms with Gasteiger partial charge in [0, 0.05) is 0 Å². The van der Waals surface area contributed by atoms with Gasteiger partial charge in [-0.3, -0.25) is 6.08 Å². The molecule has 195 valence electrons. The molecule has 34 heavy (non-hydrogen) atoms. The second kappa shape index (κ2) is 24.4. The van der Waals surface area contributed by atoms with Crippen LogP contribution in [0.4, 0.5) is 0 Å². The van der Waals surface area contributed by atoms with Crippen LogP contribution in [-0.2, 0) is 20.0 Å². The van der Waals surface area contributed by atoms with E-state index in [0.29, 0.717) is 11.7 Å². The van der Waals surface area contributed by atoms with Gasteiger partial charge in [0.05, 0.1) is 0 Å². The van der Waals surface area contributed by atoms with Crippen molar-refractivity contribution in [3.63, 3.8) is 0 Å². The van der Waals surface area contributed by atoms with E-state index in [1.54, 1.807) is 48.8 Å². The molecule has 1 aliphatic carbocycles. The molecule has 0 heterocycles. The number of phenols is 1. The predicted octanol–water partition coefficient (Wildman–Crippen LogP) is 10.2. The molecule has 0 aromatic heterocycles. The third-order valence-electron chi connectivity index (χ3n) is 5.93. The molecule has 0 radical (unpaired) electrons. The minimum atomic E-state index is 0. The Kier molecular flexibility index (Phi) is 27.4. The molecule has 2 rings (SSSR count). The summed E-state index contributed by atoms with van der Waals surface area (Å²) < 4.78 is 0. The standard InChI is InChI=1S/C21H37.C8H10O.CH2.2ClH.Ti/c1-5-9-13-18-17-19(14-10-6-2)21(16-12-8-4)20(18)15-11-7-3;1-6-3-7(2)5-8(9)4-6;;;;/h18H,5-16H2,1-4H3;3-5,9H,1-2H3;1H2;2*1H;/q-1;;;;;+1. The van der Waals surface area contributed by atoms with E-state index in [2.05, 4.69) is 38.6 Å². The van der Waals surface area contributed by atoms with E-state index >= 15 is 0 Å². The topological polar surface area (TPSA) is 20.2 Å². The molecule has 1 aromatic rings. The summed E-state index contributed by atoms with van der Waals surface area (Å²) in [5.41, 5.74) is 7.34. The number of allylic oxidation sites excluding steroid dienone is 4. The molecule has 0 saturated heterocycles. The van der Waals surface area contributed by atoms with Gasteiger partial charge in [0.2, 0.25) is 0 Å². The number of hydrogen-bond donors (Lipinski definition) is 1. The number of aryl methyl sites for hydroxylation is 2. The predicted molar refractivity (Wildman–Crippen MR) is 155 cm³/mol. The Morgan fingerprint density at radius 2 is 1.24 bits per heavy atom. The van der Waals surface area contributed by atoms with Gasteiger partial charge in [-0.1, -0.05) is 110 Å². The Bertz CT molecular complexity index is 647. The molecule has 0 aliphatic heterocycles. The van der Waals surface area contributed by atoms with Crippen molar-refractivity contribution in [2.75, 3.05) is 0 Å². The molecular formula is C30H51Cl2OTi. The van der Waals surface area contributed by atoms with E-state index in [-0.39, 0.29) is 24.8 Å². The van der Waals surface area contributed by atoms with Crippen molar-refractivity contribution >= 4 is 29.6 Å². The van der Waals surface area contributed by atoms with E-state index in [0.717, 1.165) is 11.1 Å². The quantitative estimate of drug-likeness (QED) is 0.204. The first kappa shape index (κ1) is 38.2. The summed E-state index contributed by atoms with van der Waals surface area (Å²) in [4.78, 5) is 3.25. The number of benzene rings is 1. The van der Waals surface area contributed by atoms with E-state index in [9.17, 15) is 0 Å². The van der Waals surface area contributed by atoms with Gasteiger partial charge in [-0.05, 0) is 43.5 Å². The van der Waals surface area contributed by atoms with Crippen LogP contribution in [0.2, 0.25) is 0 Å². The van der Waals surface area contributed by atoms with Gasteiger partial charge in [0.1, 0.15) is 5.75 Å². The molecule has 0 saturated carbocycles. The second-order valence-electron chi connectivity index (χ2n) is 8.98. The van der Waals surface area contributed by atoms with Crippen molar-refractivity contribution in [3.05, 3.63) is 52.1 Å². The van der Waals surface area contributed by atoms with Gasteiger partial charge < -0.3 is 5.11 Å². The van der Waals surface area contributed by atoms with E-state index < -0.39 is 0 Å². The number of rotatable bonds is 12. The molecule has 1 aromatic carbocycles. The van der Waals surface area contributed by atoms with Crippen LogP contribution >= 0.6 is 24.8 Å². The minimum absolute atomic E-state index is 0. The molecule has 1 nitrogen and oxygen atoms in total. The fourth-order valence-corrected chi connectivity index (χ4v) is 4.33. The van der Waals surface area contributed by atoms with E-state index in [1.165, 1.54) is 77.0 Å². The maximum atomic E-state index is 8.99. The van der Waals surface area contributed by atoms with Gasteiger partial charge >= 0.3 is 24.8 Å². The Hall–Kier alpha value is -0.336. The summed E-state index contributed by atoms with van der Waals surface area (Å²) in [6.07, 6.45) is 19.8. The number of hydrogen-bond acceptors (Lipinski definition) is 1. The second-order valence-corrected chi connectivity index (χ2v) is 8.98. The van der Waals surface area contributed by atoms with Crippen LogP contribution in [0.5, 0.6) is 5.75 Å². The van der Waals surface area contributed by atoms with Crippen LogP contribution in [0.15, 0.2) is 34.9 Å². The molecule has 1 aliphatic rings. The average molecular weight is 547 g/mol. The first-order valence-electron chi connectivity index (χ1n) is 12.9. The van der Waals surface area contributed by atoms with Gasteiger partial charge in [-0.25, -0.2) is 5.57 Å². The zero-order chi connectivity index (χ0) is 24.4. The zero-order valence-electron chi connectivity index (χ0n) is 22.8. The summed E-state index contributed by atoms with van der Waals surface area (Å²) in [5.74, 6) is 1.02. The van der Waals surface area contributed by atoms with Crippen molar-refractivity contribution in [3.8, 4) is 5.75 Å². The third kappa shape index (κ3) is 15.6. The maximum absolute atomic E-state index is 8.99. The van der Waals surface area contributed by atoms with Gasteiger partial charge in [0.25, 0.3) is 0 Å². The van der Waals surface area contributed by atoms with E-state index in [1.807, 2.05) is 19.9 Å². The van der Waals surface area contributed by atoms with E-state index in [4.69, 9.17) is 5.11 Å². The van der Waals surface area contributed by atoms with Crippen LogP contribution in [-0.4, -0.2) is 9.92 Å². The number of unbranched alkanes of at least 4 members (excludes halogenated alkanes) is 4. The molecule has 1 N–H and O–H groups in total. The van der Waals surface area contributed by atoms with Crippen molar-refractivity contribution in [1.82, 2.24) is 0 Å². The molecule has 1 unspecified atom stereocenters. The fraction of sp³-hybridized carbons (Fsp3) is 0.633. The molecule has 4 heteroatoms. The summed E-state index contributed by atoms with van der Waals surface area (Å²) in [5, 5.41) is 8.99. The monoisotopic (exact) mass is 545 g/mol.